The predicted octanol–water partition coefficient (Wildman–Crippen LogP) is 1.31. The number of hydrogen-bond donors (Lipinski definition) is 1. The zero-order valence-corrected chi connectivity index (χ0v) is 7.81. The molecule has 2 N–H and O–H groups in total. The van der Waals surface area contributed by atoms with Gasteiger partial charge in [0.1, 0.15) is 5.69 Å². The number of rotatable bonds is 1. The smallest absolute Gasteiger partial charge is 0.105 e. The van der Waals surface area contributed by atoms with Crippen molar-refractivity contribution in [2.45, 2.75) is 6.92 Å². The van der Waals surface area contributed by atoms with Gasteiger partial charge in [0.2, 0.25) is 0 Å². The Labute approximate surface area is 81.5 Å². The van der Waals surface area contributed by atoms with Crippen LogP contribution in [0.1, 0.15) is 12.6 Å². The van der Waals surface area contributed by atoms with Crippen LogP contribution >= 0.6 is 0 Å². The van der Waals surface area contributed by atoms with Crippen LogP contribution in [0.15, 0.2) is 35.6 Å². The number of nitrogens with zero attached hydrogens (tertiary/aromatic N) is 3. The van der Waals surface area contributed by atoms with Gasteiger partial charge in [-0.15, -0.1) is 0 Å². The van der Waals surface area contributed by atoms with E-state index in [-0.39, 0.29) is 0 Å². The van der Waals surface area contributed by atoms with Crippen LogP contribution in [0.2, 0.25) is 0 Å². The Hall–Kier alpha value is -1.97. The zero-order valence-electron chi connectivity index (χ0n) is 7.81. The Balaban J connectivity index is 2.62. The first-order valence-electron chi connectivity index (χ1n) is 4.28. The molecule has 0 amide bonds. The molecule has 14 heavy (non-hydrogen) atoms. The Morgan fingerprint density at radius 3 is 2.71 bits per heavy atom. The fourth-order valence-electron chi connectivity index (χ4n) is 1.20. The highest BCUT2D eigenvalue weighted by molar-refractivity contribution is 5.97. The van der Waals surface area contributed by atoms with Gasteiger partial charge >= 0.3 is 0 Å². The molecule has 0 atom stereocenters. The molecular formula is C10H10N4. The van der Waals surface area contributed by atoms with E-state index in [1.165, 1.54) is 0 Å². The Morgan fingerprint density at radius 1 is 1.29 bits per heavy atom. The summed E-state index contributed by atoms with van der Waals surface area (Å²) in [5.41, 5.74) is 3.13. The highest BCUT2D eigenvalue weighted by Crippen LogP contribution is 2.08. The summed E-state index contributed by atoms with van der Waals surface area (Å²) < 4.78 is 0. The second kappa shape index (κ2) is 3.41. The Morgan fingerprint density at radius 2 is 2.00 bits per heavy atom. The molecule has 0 fully saturated rings. The van der Waals surface area contributed by atoms with Crippen molar-refractivity contribution < 1.29 is 0 Å². The number of hydrazone groups is 1. The molecule has 1 heterocycles. The van der Waals surface area contributed by atoms with Crippen molar-refractivity contribution in [2.24, 2.45) is 10.9 Å². The molecule has 0 aliphatic heterocycles. The quantitative estimate of drug-likeness (QED) is 0.415. The molecule has 0 spiro atoms. The zero-order chi connectivity index (χ0) is 9.97. The molecule has 4 heteroatoms. The minimum absolute atomic E-state index is 0.684. The van der Waals surface area contributed by atoms with E-state index in [0.717, 1.165) is 11.0 Å². The van der Waals surface area contributed by atoms with Gasteiger partial charge in [-0.2, -0.15) is 5.10 Å². The van der Waals surface area contributed by atoms with Crippen molar-refractivity contribution in [2.75, 3.05) is 0 Å². The van der Waals surface area contributed by atoms with Gasteiger partial charge in [-0.3, -0.25) is 4.98 Å². The van der Waals surface area contributed by atoms with Crippen molar-refractivity contribution in [1.82, 2.24) is 9.97 Å². The minimum Gasteiger partial charge on any atom is -0.323 e. The van der Waals surface area contributed by atoms with E-state index in [1.54, 1.807) is 13.1 Å². The van der Waals surface area contributed by atoms with Crippen molar-refractivity contribution in [1.29, 1.82) is 0 Å². The molecule has 0 aliphatic rings. The molecular weight excluding hydrogens is 176 g/mol. The van der Waals surface area contributed by atoms with E-state index in [1.807, 2.05) is 24.3 Å². The lowest BCUT2D eigenvalue weighted by molar-refractivity contribution is 1.20. The fraction of sp³-hybridized carbons (Fsp3) is 0.100. The van der Waals surface area contributed by atoms with Gasteiger partial charge in [0, 0.05) is 0 Å². The molecule has 4 nitrogen and oxygen atoms in total. The van der Waals surface area contributed by atoms with Crippen LogP contribution in [0.3, 0.4) is 0 Å². The predicted molar refractivity (Wildman–Crippen MR) is 55.9 cm³/mol. The highest BCUT2D eigenvalue weighted by Gasteiger charge is 2.01. The average Bonchev–Trinajstić information content (AvgIpc) is 2.27. The van der Waals surface area contributed by atoms with Crippen molar-refractivity contribution >= 4 is 16.7 Å². The minimum atomic E-state index is 0.684. The van der Waals surface area contributed by atoms with Crippen molar-refractivity contribution in [3.63, 3.8) is 0 Å². The highest BCUT2D eigenvalue weighted by atomic mass is 15.1. The van der Waals surface area contributed by atoms with Crippen LogP contribution in [0, 0.1) is 0 Å². The van der Waals surface area contributed by atoms with Gasteiger partial charge < -0.3 is 5.84 Å². The second-order valence-corrected chi connectivity index (χ2v) is 2.96. The number of nitrogens with two attached hydrogens (primary N) is 1. The Kier molecular flexibility index (Phi) is 2.10. The first kappa shape index (κ1) is 8.62. The lowest BCUT2D eigenvalue weighted by atomic mass is 10.2. The van der Waals surface area contributed by atoms with E-state index >= 15 is 0 Å². The SMILES string of the molecule is C/C(=N/N)c1cnc2ccccc2n1. The summed E-state index contributed by atoms with van der Waals surface area (Å²) in [5.74, 6) is 5.17. The summed E-state index contributed by atoms with van der Waals surface area (Å²) >= 11 is 0. The third-order valence-corrected chi connectivity index (χ3v) is 2.01. The molecule has 1 aromatic heterocycles. The first-order valence-corrected chi connectivity index (χ1v) is 4.28. The number of hydrogen-bond acceptors (Lipinski definition) is 4. The summed E-state index contributed by atoms with van der Waals surface area (Å²) in [6, 6.07) is 7.69. The van der Waals surface area contributed by atoms with Crippen LogP contribution in [-0.2, 0) is 0 Å². The summed E-state index contributed by atoms with van der Waals surface area (Å²) in [4.78, 5) is 8.62. The van der Waals surface area contributed by atoms with Gasteiger partial charge in [0.05, 0.1) is 22.9 Å². The van der Waals surface area contributed by atoms with E-state index in [4.69, 9.17) is 5.84 Å². The normalized spacial score (nSPS) is 11.9. The summed E-state index contributed by atoms with van der Waals surface area (Å²) in [5, 5.41) is 3.58. The molecule has 1 aromatic carbocycles. The molecule has 2 aromatic rings. The number of aromatic nitrogens is 2. The first-order chi connectivity index (χ1) is 6.81. The molecule has 0 aliphatic carbocycles. The second-order valence-electron chi connectivity index (χ2n) is 2.96. The standard InChI is InChI=1S/C10H10N4/c1-7(14-11)10-6-12-8-4-2-3-5-9(8)13-10/h2-6H,11H2,1H3/b14-7-. The maximum Gasteiger partial charge on any atom is 0.105 e. The van der Waals surface area contributed by atoms with Gasteiger partial charge in [-0.1, -0.05) is 12.1 Å². The summed E-state index contributed by atoms with van der Waals surface area (Å²) in [6.45, 7) is 1.80. The molecule has 0 saturated carbocycles. The number of benzene rings is 1. The topological polar surface area (TPSA) is 64.2 Å². The largest absolute Gasteiger partial charge is 0.323 e. The monoisotopic (exact) mass is 186 g/mol. The van der Waals surface area contributed by atoms with Gasteiger partial charge in [0.25, 0.3) is 0 Å². The van der Waals surface area contributed by atoms with Gasteiger partial charge in [-0.05, 0) is 19.1 Å². The fourth-order valence-corrected chi connectivity index (χ4v) is 1.20. The molecule has 0 unspecified atom stereocenters. The van der Waals surface area contributed by atoms with Crippen LogP contribution in [0.5, 0.6) is 0 Å². The van der Waals surface area contributed by atoms with Crippen LogP contribution in [0.4, 0.5) is 0 Å². The third-order valence-electron chi connectivity index (χ3n) is 2.01. The maximum atomic E-state index is 5.17. The average molecular weight is 186 g/mol. The lowest BCUT2D eigenvalue weighted by Gasteiger charge is -1.99. The van der Waals surface area contributed by atoms with Gasteiger partial charge in [0.15, 0.2) is 0 Å². The summed E-state index contributed by atoms with van der Waals surface area (Å²) in [7, 11) is 0. The number of para-hydroxylation sites is 2. The summed E-state index contributed by atoms with van der Waals surface area (Å²) in [6.07, 6.45) is 1.67. The third kappa shape index (κ3) is 1.42. The Bertz CT molecular complexity index is 490. The number of fused-ring (bicyclic) bond motifs is 1. The van der Waals surface area contributed by atoms with Crippen LogP contribution in [0.25, 0.3) is 11.0 Å². The van der Waals surface area contributed by atoms with Crippen LogP contribution in [-0.4, -0.2) is 15.7 Å². The van der Waals surface area contributed by atoms with Crippen molar-refractivity contribution in [3.05, 3.63) is 36.2 Å². The molecule has 70 valence electrons. The lowest BCUT2D eigenvalue weighted by Crippen LogP contribution is -2.02. The van der Waals surface area contributed by atoms with E-state index in [0.29, 0.717) is 11.4 Å². The van der Waals surface area contributed by atoms with E-state index in [2.05, 4.69) is 15.1 Å². The van der Waals surface area contributed by atoms with E-state index < -0.39 is 0 Å². The maximum absolute atomic E-state index is 5.17. The molecule has 0 radical (unpaired) electrons. The molecule has 0 saturated heterocycles. The van der Waals surface area contributed by atoms with E-state index in [9.17, 15) is 0 Å². The molecule has 2 rings (SSSR count). The van der Waals surface area contributed by atoms with Crippen LogP contribution < -0.4 is 5.84 Å². The van der Waals surface area contributed by atoms with Crippen molar-refractivity contribution in [3.8, 4) is 0 Å². The van der Waals surface area contributed by atoms with Gasteiger partial charge in [-0.25, -0.2) is 4.98 Å². The molecule has 0 bridgehead atoms.